The van der Waals surface area contributed by atoms with E-state index in [1.165, 1.54) is 21.0 Å². The number of methoxy groups -OCH3 is 1. The molecule has 2 heterocycles. The van der Waals surface area contributed by atoms with Crippen molar-refractivity contribution in [2.24, 2.45) is 16.6 Å². The van der Waals surface area contributed by atoms with Crippen LogP contribution in [0.5, 0.6) is 0 Å². The van der Waals surface area contributed by atoms with Gasteiger partial charge in [-0.1, -0.05) is 13.8 Å². The van der Waals surface area contributed by atoms with Gasteiger partial charge in [-0.25, -0.2) is 9.79 Å². The van der Waals surface area contributed by atoms with Crippen molar-refractivity contribution >= 4 is 29.5 Å². The minimum Gasteiger partial charge on any atom is -0.467 e. The molecule has 1 amide bonds. The topological polar surface area (TPSA) is 153 Å². The summed E-state index contributed by atoms with van der Waals surface area (Å²) in [4.78, 5) is 51.8. The monoisotopic (exact) mass is 428 g/mol. The number of Topliss-reactive ketones (excluding diaryl/α,β-unsaturated/α-hetero) is 2. The van der Waals surface area contributed by atoms with E-state index < -0.39 is 66.3 Å². The molecule has 2 aliphatic rings. The molecular weight excluding hydrogens is 400 g/mol. The summed E-state index contributed by atoms with van der Waals surface area (Å²) in [6.07, 6.45) is -6.96. The molecule has 0 aromatic heterocycles. The number of aliphatic imine (C=N–C) groups is 1. The van der Waals surface area contributed by atoms with Crippen LogP contribution in [0.1, 0.15) is 34.6 Å². The SMILES string of the molecule is COC1C(C2=NC(C(C)=O)C(=O)C(C(C)C)O2)OC(C)C(OC(N)=O)C1OC(C)=O. The summed E-state index contributed by atoms with van der Waals surface area (Å²) < 4.78 is 27.6. The maximum Gasteiger partial charge on any atom is 0.405 e. The number of carbonyl (C=O) groups is 4. The molecule has 0 aromatic carbocycles. The summed E-state index contributed by atoms with van der Waals surface area (Å²) in [5.41, 5.74) is 5.14. The summed E-state index contributed by atoms with van der Waals surface area (Å²) in [7, 11) is 1.34. The predicted molar refractivity (Wildman–Crippen MR) is 102 cm³/mol. The van der Waals surface area contributed by atoms with Crippen LogP contribution in [0.25, 0.3) is 0 Å². The Kier molecular flexibility index (Phi) is 7.54. The molecule has 2 aliphatic heterocycles. The van der Waals surface area contributed by atoms with Crippen LogP contribution in [0, 0.1) is 5.92 Å². The molecule has 7 unspecified atom stereocenters. The Morgan fingerprint density at radius 2 is 1.73 bits per heavy atom. The number of esters is 1. The normalized spacial score (nSPS) is 34.0. The van der Waals surface area contributed by atoms with Crippen molar-refractivity contribution in [2.75, 3.05) is 7.11 Å². The Bertz CT molecular complexity index is 736. The van der Waals surface area contributed by atoms with Crippen LogP contribution < -0.4 is 5.73 Å². The number of rotatable bonds is 6. The van der Waals surface area contributed by atoms with Gasteiger partial charge in [0.2, 0.25) is 11.7 Å². The first-order valence-corrected chi connectivity index (χ1v) is 9.58. The predicted octanol–water partition coefficient (Wildman–Crippen LogP) is 0.164. The fourth-order valence-electron chi connectivity index (χ4n) is 3.55. The summed E-state index contributed by atoms with van der Waals surface area (Å²) >= 11 is 0. The van der Waals surface area contributed by atoms with E-state index in [1.807, 2.05) is 0 Å². The first kappa shape index (κ1) is 23.7. The number of hydrogen-bond donors (Lipinski definition) is 1. The number of hydrogen-bond acceptors (Lipinski definition) is 10. The molecule has 2 N–H and O–H groups in total. The summed E-state index contributed by atoms with van der Waals surface area (Å²) in [6, 6.07) is -1.23. The van der Waals surface area contributed by atoms with Gasteiger partial charge in [0.05, 0.1) is 6.10 Å². The average molecular weight is 428 g/mol. The highest BCUT2D eigenvalue weighted by molar-refractivity contribution is 6.11. The quantitative estimate of drug-likeness (QED) is 0.460. The van der Waals surface area contributed by atoms with Crippen molar-refractivity contribution in [3.05, 3.63) is 0 Å². The number of nitrogens with zero attached hydrogens (tertiary/aromatic N) is 1. The van der Waals surface area contributed by atoms with Gasteiger partial charge in [0.15, 0.2) is 36.2 Å². The molecule has 0 radical (unpaired) electrons. The van der Waals surface area contributed by atoms with E-state index in [0.29, 0.717) is 0 Å². The van der Waals surface area contributed by atoms with E-state index >= 15 is 0 Å². The molecule has 1 fully saturated rings. The molecular formula is C19H28N2O9. The molecule has 0 saturated carbocycles. The summed E-state index contributed by atoms with van der Waals surface area (Å²) in [5.74, 6) is -1.78. The number of carbonyl (C=O) groups excluding carboxylic acids is 4. The minimum atomic E-state index is -1.23. The van der Waals surface area contributed by atoms with Crippen molar-refractivity contribution in [1.82, 2.24) is 0 Å². The fraction of sp³-hybridized carbons (Fsp3) is 0.737. The highest BCUT2D eigenvalue weighted by Crippen LogP contribution is 2.31. The number of ketones is 2. The van der Waals surface area contributed by atoms with Crippen molar-refractivity contribution in [3.63, 3.8) is 0 Å². The average Bonchev–Trinajstić information content (AvgIpc) is 2.63. The second-order valence-electron chi connectivity index (χ2n) is 7.60. The number of primary amides is 1. The largest absolute Gasteiger partial charge is 0.467 e. The number of ether oxygens (including phenoxy) is 5. The first-order chi connectivity index (χ1) is 14.0. The zero-order valence-corrected chi connectivity index (χ0v) is 17.8. The van der Waals surface area contributed by atoms with E-state index in [0.717, 1.165) is 0 Å². The Balaban J connectivity index is 2.46. The van der Waals surface area contributed by atoms with Crippen LogP contribution in [0.15, 0.2) is 4.99 Å². The van der Waals surface area contributed by atoms with Crippen LogP contribution in [0.2, 0.25) is 0 Å². The van der Waals surface area contributed by atoms with Gasteiger partial charge in [0, 0.05) is 14.0 Å². The van der Waals surface area contributed by atoms with Gasteiger partial charge in [-0.2, -0.15) is 0 Å². The Hall–Kier alpha value is -2.53. The Morgan fingerprint density at radius 1 is 1.10 bits per heavy atom. The van der Waals surface area contributed by atoms with Gasteiger partial charge >= 0.3 is 12.1 Å². The molecule has 0 aromatic rings. The van der Waals surface area contributed by atoms with Crippen LogP contribution in [-0.4, -0.2) is 79.3 Å². The van der Waals surface area contributed by atoms with Crippen molar-refractivity contribution in [3.8, 4) is 0 Å². The zero-order valence-electron chi connectivity index (χ0n) is 17.8. The highest BCUT2D eigenvalue weighted by Gasteiger charge is 2.53. The molecule has 168 valence electrons. The van der Waals surface area contributed by atoms with E-state index in [2.05, 4.69) is 4.99 Å². The van der Waals surface area contributed by atoms with E-state index in [1.54, 1.807) is 20.8 Å². The lowest BCUT2D eigenvalue weighted by Crippen LogP contribution is -2.63. The molecule has 11 nitrogen and oxygen atoms in total. The zero-order chi connectivity index (χ0) is 22.7. The minimum absolute atomic E-state index is 0.0260. The molecule has 7 atom stereocenters. The Labute approximate surface area is 174 Å². The first-order valence-electron chi connectivity index (χ1n) is 9.58. The second-order valence-corrected chi connectivity index (χ2v) is 7.60. The molecule has 11 heteroatoms. The lowest BCUT2D eigenvalue weighted by Gasteiger charge is -2.44. The summed E-state index contributed by atoms with van der Waals surface area (Å²) in [5, 5.41) is 0. The molecule has 0 bridgehead atoms. The third kappa shape index (κ3) is 4.96. The van der Waals surface area contributed by atoms with Crippen LogP contribution >= 0.6 is 0 Å². The fourth-order valence-corrected chi connectivity index (χ4v) is 3.55. The van der Waals surface area contributed by atoms with Crippen molar-refractivity contribution in [1.29, 1.82) is 0 Å². The number of amides is 1. The van der Waals surface area contributed by atoms with Crippen LogP contribution in [-0.2, 0) is 38.1 Å². The maximum atomic E-state index is 12.6. The van der Waals surface area contributed by atoms with Gasteiger partial charge < -0.3 is 29.4 Å². The molecule has 0 spiro atoms. The van der Waals surface area contributed by atoms with Gasteiger partial charge in [-0.3, -0.25) is 14.4 Å². The second kappa shape index (κ2) is 9.52. The van der Waals surface area contributed by atoms with Crippen LogP contribution in [0.3, 0.4) is 0 Å². The molecule has 2 rings (SSSR count). The van der Waals surface area contributed by atoms with Gasteiger partial charge in [-0.15, -0.1) is 0 Å². The van der Waals surface area contributed by atoms with Gasteiger partial charge in [0.1, 0.15) is 6.10 Å². The molecule has 1 saturated heterocycles. The lowest BCUT2D eigenvalue weighted by molar-refractivity contribution is -0.223. The van der Waals surface area contributed by atoms with Gasteiger partial charge in [0.25, 0.3) is 0 Å². The number of nitrogens with two attached hydrogens (primary N) is 1. The third-order valence-electron chi connectivity index (χ3n) is 4.88. The maximum absolute atomic E-state index is 12.6. The highest BCUT2D eigenvalue weighted by atomic mass is 16.6. The van der Waals surface area contributed by atoms with E-state index in [-0.39, 0.29) is 11.8 Å². The molecule has 30 heavy (non-hydrogen) atoms. The third-order valence-corrected chi connectivity index (χ3v) is 4.88. The molecule has 0 aliphatic carbocycles. The van der Waals surface area contributed by atoms with Gasteiger partial charge in [-0.05, 0) is 19.8 Å². The Morgan fingerprint density at radius 3 is 2.20 bits per heavy atom. The van der Waals surface area contributed by atoms with E-state index in [9.17, 15) is 19.2 Å². The standard InChI is InChI=1S/C19H28N2O9/c1-7(2)13-12(24)11(8(3)22)21-18(29-13)17-15(26-6)16(28-10(5)23)14(9(4)27-17)30-19(20)25/h7,9,11,13-17H,1-6H3,(H2,20,25). The van der Waals surface area contributed by atoms with Crippen molar-refractivity contribution in [2.45, 2.75) is 77.3 Å². The summed E-state index contributed by atoms with van der Waals surface area (Å²) in [6.45, 7) is 7.60. The lowest BCUT2D eigenvalue weighted by atomic mass is 9.92. The van der Waals surface area contributed by atoms with Crippen molar-refractivity contribution < 1.29 is 42.9 Å². The van der Waals surface area contributed by atoms with E-state index in [4.69, 9.17) is 29.4 Å². The smallest absolute Gasteiger partial charge is 0.405 e. The van der Waals surface area contributed by atoms with Crippen LogP contribution in [0.4, 0.5) is 4.79 Å².